The van der Waals surface area contributed by atoms with Crippen molar-refractivity contribution in [1.82, 2.24) is 0 Å². The van der Waals surface area contributed by atoms with Crippen molar-refractivity contribution in [2.24, 2.45) is 5.92 Å². The van der Waals surface area contributed by atoms with Gasteiger partial charge in [0.1, 0.15) is 5.76 Å². The molecule has 3 N–H and O–H groups in total. The van der Waals surface area contributed by atoms with Gasteiger partial charge in [0, 0.05) is 26.8 Å². The first-order valence-electron chi connectivity index (χ1n) is 8.65. The Kier molecular flexibility index (Phi) is 6.80. The first kappa shape index (κ1) is 20.9. The summed E-state index contributed by atoms with van der Waals surface area (Å²) in [5.74, 6) is 1.04. The predicted molar refractivity (Wildman–Crippen MR) is 120 cm³/mol. The number of halogens is 2. The topological polar surface area (TPSA) is 61.7 Å². The van der Waals surface area contributed by atoms with Gasteiger partial charge in [-0.25, -0.2) is 0 Å². The molecule has 28 heavy (non-hydrogen) atoms. The van der Waals surface area contributed by atoms with Crippen LogP contribution in [0.15, 0.2) is 60.4 Å². The minimum absolute atomic E-state index is 0.140. The Morgan fingerprint density at radius 3 is 2.57 bits per heavy atom. The highest BCUT2D eigenvalue weighted by molar-refractivity contribution is 7.80. The minimum atomic E-state index is -1.68. The van der Waals surface area contributed by atoms with Crippen molar-refractivity contribution in [3.05, 3.63) is 76.0 Å². The van der Waals surface area contributed by atoms with Crippen molar-refractivity contribution >= 4 is 64.4 Å². The van der Waals surface area contributed by atoms with Gasteiger partial charge in [0.05, 0.1) is 0 Å². The average Bonchev–Trinajstić information content (AvgIpc) is 2.65. The van der Waals surface area contributed by atoms with Crippen molar-refractivity contribution in [3.63, 3.8) is 0 Å². The number of hydrogen-bond donors (Lipinski definition) is 3. The third-order valence-electron chi connectivity index (χ3n) is 4.32. The van der Waals surface area contributed by atoms with Crippen LogP contribution in [0.2, 0.25) is 10.0 Å². The maximum Gasteiger partial charge on any atom is 0.490 e. The lowest BCUT2D eigenvalue weighted by Gasteiger charge is -2.21. The zero-order valence-corrected chi connectivity index (χ0v) is 17.4. The molecule has 0 saturated heterocycles. The molecule has 2 aromatic rings. The molecule has 0 radical (unpaired) electrons. The van der Waals surface area contributed by atoms with Gasteiger partial charge in [-0.2, -0.15) is 0 Å². The van der Waals surface area contributed by atoms with Crippen LogP contribution in [-0.4, -0.2) is 22.3 Å². The molecule has 0 fully saturated rings. The molecule has 0 aromatic heterocycles. The minimum Gasteiger partial charge on any atom is -0.431 e. The highest BCUT2D eigenvalue weighted by atomic mass is 35.5. The molecule has 4 nitrogen and oxygen atoms in total. The second-order valence-corrected chi connectivity index (χ2v) is 7.73. The van der Waals surface area contributed by atoms with E-state index < -0.39 is 7.12 Å². The summed E-state index contributed by atoms with van der Waals surface area (Å²) in [5.41, 5.74) is 2.79. The van der Waals surface area contributed by atoms with Gasteiger partial charge in [-0.05, 0) is 66.5 Å². The van der Waals surface area contributed by atoms with E-state index in [-0.39, 0.29) is 15.7 Å². The normalized spacial score (nSPS) is 16.1. The number of hydrogen-bond acceptors (Lipinski definition) is 4. The maximum absolute atomic E-state index is 9.38. The van der Waals surface area contributed by atoms with Gasteiger partial charge in [0.2, 0.25) is 0 Å². The van der Waals surface area contributed by atoms with Crippen molar-refractivity contribution < 1.29 is 14.8 Å². The second kappa shape index (κ2) is 9.12. The highest BCUT2D eigenvalue weighted by Crippen LogP contribution is 2.32. The monoisotopic (exact) mass is 433 g/mol. The molecule has 0 amide bonds. The fraction of sp³-hybridized carbons (Fsp3) is 0.150. The Balaban J connectivity index is 1.81. The number of benzene rings is 2. The summed E-state index contributed by atoms with van der Waals surface area (Å²) in [5, 5.41) is 22.8. The summed E-state index contributed by atoms with van der Waals surface area (Å²) < 4.78 is 5.89. The lowest BCUT2D eigenvalue weighted by molar-refractivity contribution is 0.425. The van der Waals surface area contributed by atoms with Crippen LogP contribution >= 0.6 is 35.4 Å². The molecule has 0 spiro atoms. The Bertz CT molecular complexity index is 945. The standard InChI is InChI=1S/C20H18BCl2NO3S/c1-12-2-9-19(16(10-12)13-3-5-14(22)6-4-13)27-20(28)24-15-7-8-18(23)17(11-15)21(25)26/h2-9,11-12,25-26H,10H2,1H3,(H,24,28). The van der Waals surface area contributed by atoms with E-state index >= 15 is 0 Å². The Hall–Kier alpha value is -1.83. The Morgan fingerprint density at radius 2 is 1.89 bits per heavy atom. The summed E-state index contributed by atoms with van der Waals surface area (Å²) in [7, 11) is -1.68. The molecular formula is C20H18BCl2NO3S. The third-order valence-corrected chi connectivity index (χ3v) is 5.10. The molecule has 1 aliphatic carbocycles. The molecule has 0 aliphatic heterocycles. The first-order chi connectivity index (χ1) is 13.3. The number of rotatable bonds is 4. The first-order valence-corrected chi connectivity index (χ1v) is 9.81. The maximum atomic E-state index is 9.38. The van der Waals surface area contributed by atoms with E-state index in [1.54, 1.807) is 12.1 Å². The molecule has 144 valence electrons. The Morgan fingerprint density at radius 1 is 1.18 bits per heavy atom. The molecule has 0 heterocycles. The van der Waals surface area contributed by atoms with Crippen LogP contribution in [0.5, 0.6) is 0 Å². The van der Waals surface area contributed by atoms with E-state index in [1.165, 1.54) is 6.07 Å². The second-order valence-electron chi connectivity index (χ2n) is 6.51. The van der Waals surface area contributed by atoms with Gasteiger partial charge in [-0.3, -0.25) is 0 Å². The highest BCUT2D eigenvalue weighted by Gasteiger charge is 2.19. The zero-order valence-electron chi connectivity index (χ0n) is 15.0. The smallest absolute Gasteiger partial charge is 0.431 e. The summed E-state index contributed by atoms with van der Waals surface area (Å²) in [6, 6.07) is 12.3. The third kappa shape index (κ3) is 5.16. The lowest BCUT2D eigenvalue weighted by Crippen LogP contribution is -2.31. The summed E-state index contributed by atoms with van der Waals surface area (Å²) in [6.45, 7) is 2.13. The molecule has 3 rings (SSSR count). The number of anilines is 1. The van der Waals surface area contributed by atoms with Crippen molar-refractivity contribution in [3.8, 4) is 0 Å². The molecule has 8 heteroatoms. The fourth-order valence-electron chi connectivity index (χ4n) is 2.91. The van der Waals surface area contributed by atoms with Crippen LogP contribution in [0.3, 0.4) is 0 Å². The molecule has 1 atom stereocenters. The molecule has 1 aliphatic rings. The van der Waals surface area contributed by atoms with Crippen molar-refractivity contribution in [1.29, 1.82) is 0 Å². The van der Waals surface area contributed by atoms with Crippen LogP contribution in [-0.2, 0) is 4.74 Å². The van der Waals surface area contributed by atoms with Crippen LogP contribution < -0.4 is 10.8 Å². The van der Waals surface area contributed by atoms with E-state index in [9.17, 15) is 10.0 Å². The van der Waals surface area contributed by atoms with Crippen LogP contribution in [0.25, 0.3) is 5.57 Å². The lowest BCUT2D eigenvalue weighted by atomic mass is 9.80. The number of ether oxygens (including phenoxy) is 1. The molecular weight excluding hydrogens is 416 g/mol. The summed E-state index contributed by atoms with van der Waals surface area (Å²) in [6.07, 6.45) is 4.80. The van der Waals surface area contributed by atoms with Gasteiger partial charge in [-0.15, -0.1) is 0 Å². The quantitative estimate of drug-likeness (QED) is 0.492. The number of allylic oxidation sites excluding steroid dienone is 3. The van der Waals surface area contributed by atoms with Crippen molar-refractivity contribution in [2.75, 3.05) is 5.32 Å². The molecule has 0 saturated carbocycles. The predicted octanol–water partition coefficient (Wildman–Crippen LogP) is 4.39. The summed E-state index contributed by atoms with van der Waals surface area (Å²) in [4.78, 5) is 0. The number of nitrogens with one attached hydrogen (secondary N) is 1. The molecule has 0 bridgehead atoms. The number of thiocarbonyl (C=S) groups is 1. The zero-order chi connectivity index (χ0) is 20.3. The van der Waals surface area contributed by atoms with Gasteiger partial charge in [0.15, 0.2) is 0 Å². The van der Waals surface area contributed by atoms with E-state index in [1.807, 2.05) is 30.3 Å². The average molecular weight is 434 g/mol. The van der Waals surface area contributed by atoms with E-state index in [0.717, 1.165) is 17.6 Å². The van der Waals surface area contributed by atoms with Gasteiger partial charge in [0.25, 0.3) is 5.17 Å². The summed E-state index contributed by atoms with van der Waals surface area (Å²) >= 11 is 17.3. The van der Waals surface area contributed by atoms with Crippen LogP contribution in [0.4, 0.5) is 5.69 Å². The molecule has 2 aromatic carbocycles. The Labute approximate surface area is 179 Å². The largest absolute Gasteiger partial charge is 0.490 e. The van der Waals surface area contributed by atoms with Gasteiger partial charge < -0.3 is 20.1 Å². The SMILES string of the molecule is CC1C=CC(OC(=S)Nc2ccc(Cl)c(B(O)O)c2)=C(c2ccc(Cl)cc2)C1. The fourth-order valence-corrected chi connectivity index (χ4v) is 3.46. The van der Waals surface area contributed by atoms with E-state index in [2.05, 4.69) is 18.3 Å². The van der Waals surface area contributed by atoms with Crippen molar-refractivity contribution in [2.45, 2.75) is 13.3 Å². The van der Waals surface area contributed by atoms with E-state index in [4.69, 9.17) is 40.2 Å². The van der Waals surface area contributed by atoms with Crippen LogP contribution in [0.1, 0.15) is 18.9 Å². The molecule has 1 unspecified atom stereocenters. The van der Waals surface area contributed by atoms with Gasteiger partial charge >= 0.3 is 7.12 Å². The van der Waals surface area contributed by atoms with E-state index in [0.29, 0.717) is 22.4 Å². The van der Waals surface area contributed by atoms with Crippen LogP contribution in [0, 0.1) is 5.92 Å². The van der Waals surface area contributed by atoms with Gasteiger partial charge in [-0.1, -0.05) is 48.3 Å².